The van der Waals surface area contributed by atoms with E-state index in [-0.39, 0.29) is 17.7 Å². The summed E-state index contributed by atoms with van der Waals surface area (Å²) in [5.41, 5.74) is 0. The van der Waals surface area contributed by atoms with Gasteiger partial charge in [0.25, 0.3) is 0 Å². The lowest BCUT2D eigenvalue weighted by atomic mass is 10.1. The highest BCUT2D eigenvalue weighted by Gasteiger charge is 2.35. The third-order valence-corrected chi connectivity index (χ3v) is 3.22. The first-order valence-corrected chi connectivity index (χ1v) is 6.24. The van der Waals surface area contributed by atoms with E-state index < -0.39 is 18.1 Å². The zero-order valence-corrected chi connectivity index (χ0v) is 12.4. The van der Waals surface area contributed by atoms with Crippen LogP contribution in [0.3, 0.4) is 0 Å². The van der Waals surface area contributed by atoms with Gasteiger partial charge in [-0.05, 0) is 20.8 Å². The van der Waals surface area contributed by atoms with Crippen LogP contribution in [0.5, 0.6) is 0 Å². The molecule has 3 atom stereocenters. The summed E-state index contributed by atoms with van der Waals surface area (Å²) in [6.45, 7) is 4.99. The Morgan fingerprint density at radius 2 is 0.895 bits per heavy atom. The molecule has 0 saturated heterocycles. The molecule has 0 fully saturated rings. The highest BCUT2D eigenvalue weighted by atomic mass is 16.2. The third-order valence-electron chi connectivity index (χ3n) is 3.22. The summed E-state index contributed by atoms with van der Waals surface area (Å²) in [4.78, 5) is 36.9. The number of nitrogens with one attached hydrogen (secondary N) is 3. The fourth-order valence-corrected chi connectivity index (χ4v) is 2.04. The minimum atomic E-state index is -0.593. The molecule has 0 heterocycles. The van der Waals surface area contributed by atoms with Crippen LogP contribution in [0.4, 0.5) is 0 Å². The molecule has 0 aromatic heterocycles. The second-order valence-corrected chi connectivity index (χ2v) is 4.32. The quantitative estimate of drug-likeness (QED) is 0.560. The van der Waals surface area contributed by atoms with Crippen LogP contribution < -0.4 is 16.0 Å². The topological polar surface area (TPSA) is 90.5 Å². The van der Waals surface area contributed by atoms with E-state index in [0.29, 0.717) is 0 Å². The maximum atomic E-state index is 11.8. The largest absolute Gasteiger partial charge is 0.358 e. The van der Waals surface area contributed by atoms with Crippen LogP contribution in [-0.2, 0) is 14.4 Å². The van der Waals surface area contributed by atoms with Gasteiger partial charge in [0, 0.05) is 21.1 Å². The fourth-order valence-electron chi connectivity index (χ4n) is 2.04. The molecule has 0 aliphatic heterocycles. The SMILES string of the molecule is CNC(=O)C(C)N(C(C)C(=O)NC)C(C)C(=O)NC. The summed E-state index contributed by atoms with van der Waals surface area (Å²) >= 11 is 0. The van der Waals surface area contributed by atoms with Crippen molar-refractivity contribution in [1.29, 1.82) is 0 Å². The molecule has 0 radical (unpaired) electrons. The molecule has 0 aliphatic rings. The Labute approximate surface area is 114 Å². The van der Waals surface area contributed by atoms with Gasteiger partial charge in [-0.25, -0.2) is 0 Å². The Morgan fingerprint density at radius 3 is 1.05 bits per heavy atom. The summed E-state index contributed by atoms with van der Waals surface area (Å²) < 4.78 is 0. The van der Waals surface area contributed by atoms with Crippen LogP contribution in [0.25, 0.3) is 0 Å². The number of likely N-dealkylation sites (N-methyl/N-ethyl adjacent to an activating group) is 3. The van der Waals surface area contributed by atoms with E-state index in [0.717, 1.165) is 0 Å². The number of carbonyl (C=O) groups is 3. The second-order valence-electron chi connectivity index (χ2n) is 4.32. The molecule has 3 N–H and O–H groups in total. The van der Waals surface area contributed by atoms with Crippen molar-refractivity contribution in [2.75, 3.05) is 21.1 Å². The van der Waals surface area contributed by atoms with E-state index in [1.54, 1.807) is 25.7 Å². The fraction of sp³-hybridized carbons (Fsp3) is 0.750. The van der Waals surface area contributed by atoms with Crippen LogP contribution in [0.2, 0.25) is 0 Å². The van der Waals surface area contributed by atoms with Crippen LogP contribution in [0, 0.1) is 0 Å². The molecule has 19 heavy (non-hydrogen) atoms. The minimum Gasteiger partial charge on any atom is -0.358 e. The summed E-state index contributed by atoms with van der Waals surface area (Å²) in [5, 5.41) is 7.57. The average molecular weight is 272 g/mol. The van der Waals surface area contributed by atoms with Crippen LogP contribution in [0.1, 0.15) is 20.8 Å². The maximum absolute atomic E-state index is 11.8. The monoisotopic (exact) mass is 272 g/mol. The van der Waals surface area contributed by atoms with Crippen LogP contribution in [-0.4, -0.2) is 61.9 Å². The summed E-state index contributed by atoms with van der Waals surface area (Å²) in [6, 6.07) is -1.78. The predicted molar refractivity (Wildman–Crippen MR) is 72.4 cm³/mol. The lowest BCUT2D eigenvalue weighted by Gasteiger charge is -2.36. The van der Waals surface area contributed by atoms with Gasteiger partial charge in [-0.2, -0.15) is 0 Å². The molecule has 7 heteroatoms. The number of rotatable bonds is 6. The molecular weight excluding hydrogens is 248 g/mol. The molecule has 0 spiro atoms. The Kier molecular flexibility index (Phi) is 7.06. The first-order valence-electron chi connectivity index (χ1n) is 6.24. The molecule has 0 aliphatic carbocycles. The van der Waals surface area contributed by atoms with E-state index in [1.165, 1.54) is 21.1 Å². The maximum Gasteiger partial charge on any atom is 0.236 e. The number of hydrogen-bond donors (Lipinski definition) is 3. The lowest BCUT2D eigenvalue weighted by Crippen LogP contribution is -2.59. The zero-order valence-electron chi connectivity index (χ0n) is 12.4. The number of amides is 3. The van der Waals surface area contributed by atoms with Crippen molar-refractivity contribution in [2.45, 2.75) is 38.9 Å². The van der Waals surface area contributed by atoms with Crippen molar-refractivity contribution in [3.63, 3.8) is 0 Å². The lowest BCUT2D eigenvalue weighted by molar-refractivity contribution is -0.137. The van der Waals surface area contributed by atoms with E-state index >= 15 is 0 Å². The predicted octanol–water partition coefficient (Wildman–Crippen LogP) is -1.31. The molecule has 0 bridgehead atoms. The zero-order chi connectivity index (χ0) is 15.2. The van der Waals surface area contributed by atoms with Crippen molar-refractivity contribution in [3.8, 4) is 0 Å². The molecule has 0 aromatic carbocycles. The Morgan fingerprint density at radius 1 is 0.684 bits per heavy atom. The molecule has 110 valence electrons. The van der Waals surface area contributed by atoms with Crippen LogP contribution in [0.15, 0.2) is 0 Å². The second kappa shape index (κ2) is 7.73. The highest BCUT2D eigenvalue weighted by molar-refractivity contribution is 5.87. The summed E-state index contributed by atoms with van der Waals surface area (Å²) in [5.74, 6) is -0.732. The van der Waals surface area contributed by atoms with Gasteiger partial charge in [-0.15, -0.1) is 0 Å². The van der Waals surface area contributed by atoms with Gasteiger partial charge < -0.3 is 16.0 Å². The van der Waals surface area contributed by atoms with Gasteiger partial charge in [0.05, 0.1) is 18.1 Å². The van der Waals surface area contributed by atoms with Crippen LogP contribution >= 0.6 is 0 Å². The first kappa shape index (κ1) is 17.4. The molecule has 0 saturated carbocycles. The smallest absolute Gasteiger partial charge is 0.236 e. The molecule has 7 nitrogen and oxygen atoms in total. The molecular formula is C12H24N4O3. The van der Waals surface area contributed by atoms with Gasteiger partial charge in [-0.3, -0.25) is 19.3 Å². The van der Waals surface area contributed by atoms with E-state index in [9.17, 15) is 14.4 Å². The Balaban J connectivity index is 5.29. The number of carbonyl (C=O) groups excluding carboxylic acids is 3. The van der Waals surface area contributed by atoms with Crippen molar-refractivity contribution in [1.82, 2.24) is 20.9 Å². The average Bonchev–Trinajstić information content (AvgIpc) is 2.43. The molecule has 0 rings (SSSR count). The molecule has 3 unspecified atom stereocenters. The van der Waals surface area contributed by atoms with Crippen molar-refractivity contribution >= 4 is 17.7 Å². The standard InChI is InChI=1S/C12H24N4O3/c1-7(10(17)13-4)16(8(2)11(18)14-5)9(3)12(19)15-6/h7-9H,1-6H3,(H,13,17)(H,14,18)(H,15,19). The highest BCUT2D eigenvalue weighted by Crippen LogP contribution is 2.12. The summed E-state index contributed by atoms with van der Waals surface area (Å²) in [7, 11) is 4.56. The Bertz CT molecular complexity index is 294. The van der Waals surface area contributed by atoms with Gasteiger partial charge in [0.1, 0.15) is 0 Å². The first-order chi connectivity index (χ1) is 8.81. The molecule has 3 amide bonds. The minimum absolute atomic E-state index is 0.244. The van der Waals surface area contributed by atoms with Crippen molar-refractivity contribution in [3.05, 3.63) is 0 Å². The molecule has 0 aromatic rings. The summed E-state index contributed by atoms with van der Waals surface area (Å²) in [6.07, 6.45) is 0. The number of nitrogens with zero attached hydrogens (tertiary/aromatic N) is 1. The van der Waals surface area contributed by atoms with E-state index in [4.69, 9.17) is 0 Å². The third kappa shape index (κ3) is 4.20. The van der Waals surface area contributed by atoms with Gasteiger partial charge in [0.15, 0.2) is 0 Å². The Hall–Kier alpha value is -1.63. The van der Waals surface area contributed by atoms with Gasteiger partial charge >= 0.3 is 0 Å². The van der Waals surface area contributed by atoms with Gasteiger partial charge in [0.2, 0.25) is 17.7 Å². The van der Waals surface area contributed by atoms with E-state index in [1.807, 2.05) is 0 Å². The van der Waals surface area contributed by atoms with Gasteiger partial charge in [-0.1, -0.05) is 0 Å². The van der Waals surface area contributed by atoms with Crippen molar-refractivity contribution < 1.29 is 14.4 Å². The van der Waals surface area contributed by atoms with E-state index in [2.05, 4.69) is 16.0 Å². The number of hydrogen-bond acceptors (Lipinski definition) is 4. The normalized spacial score (nSPS) is 15.3. The van der Waals surface area contributed by atoms with Crippen molar-refractivity contribution in [2.24, 2.45) is 0 Å².